The second kappa shape index (κ2) is 5.33. The lowest BCUT2D eigenvalue weighted by molar-refractivity contribution is -0.140. The molecule has 0 aromatic heterocycles. The molecule has 0 radical (unpaired) electrons. The summed E-state index contributed by atoms with van der Waals surface area (Å²) >= 11 is 5.91. The summed E-state index contributed by atoms with van der Waals surface area (Å²) < 4.78 is 25.9. The summed E-state index contributed by atoms with van der Waals surface area (Å²) in [6.45, 7) is 1.32. The van der Waals surface area contributed by atoms with Crippen molar-refractivity contribution in [2.24, 2.45) is 0 Å². The summed E-state index contributed by atoms with van der Waals surface area (Å²) in [5.41, 5.74) is 0.361. The maximum absolute atomic E-state index is 12.6. The van der Waals surface area contributed by atoms with Crippen LogP contribution in [0.25, 0.3) is 0 Å². The molecule has 1 aromatic rings. The average Bonchev–Trinajstić information content (AvgIpc) is 2.75. The number of rotatable bonds is 3. The van der Waals surface area contributed by atoms with E-state index in [4.69, 9.17) is 16.7 Å². The molecule has 1 aromatic carbocycles. The summed E-state index contributed by atoms with van der Waals surface area (Å²) in [5, 5.41) is 18.9. The lowest BCUT2D eigenvalue weighted by Crippen LogP contribution is -2.40. The van der Waals surface area contributed by atoms with E-state index >= 15 is 0 Å². The van der Waals surface area contributed by atoms with Gasteiger partial charge in [0, 0.05) is 18.0 Å². The molecule has 0 amide bonds. The number of sulfonamides is 1. The second-order valence-electron chi connectivity index (χ2n) is 4.68. The van der Waals surface area contributed by atoms with Crippen LogP contribution >= 0.6 is 11.6 Å². The van der Waals surface area contributed by atoms with Crippen LogP contribution in [0, 0.1) is 6.92 Å². The zero-order valence-corrected chi connectivity index (χ0v) is 12.2. The molecule has 0 spiro atoms. The number of nitrogens with zero attached hydrogens (tertiary/aromatic N) is 1. The first-order chi connectivity index (χ1) is 9.25. The maximum atomic E-state index is 12.6. The number of benzene rings is 1. The molecule has 110 valence electrons. The predicted molar refractivity (Wildman–Crippen MR) is 72.1 cm³/mol. The number of hydrogen-bond donors (Lipinski definition) is 2. The highest BCUT2D eigenvalue weighted by Crippen LogP contribution is 2.30. The van der Waals surface area contributed by atoms with Gasteiger partial charge in [0.25, 0.3) is 0 Å². The van der Waals surface area contributed by atoms with Crippen LogP contribution in [0.15, 0.2) is 23.1 Å². The van der Waals surface area contributed by atoms with E-state index in [1.807, 2.05) is 0 Å². The van der Waals surface area contributed by atoms with Crippen LogP contribution < -0.4 is 0 Å². The highest BCUT2D eigenvalue weighted by molar-refractivity contribution is 7.89. The van der Waals surface area contributed by atoms with Gasteiger partial charge in [-0.25, -0.2) is 8.42 Å². The molecule has 1 heterocycles. The fourth-order valence-electron chi connectivity index (χ4n) is 2.27. The van der Waals surface area contributed by atoms with Crippen molar-refractivity contribution in [1.82, 2.24) is 4.31 Å². The summed E-state index contributed by atoms with van der Waals surface area (Å²) in [4.78, 5) is 11.1. The van der Waals surface area contributed by atoms with E-state index in [0.29, 0.717) is 5.56 Å². The van der Waals surface area contributed by atoms with Crippen molar-refractivity contribution in [3.05, 3.63) is 28.8 Å². The van der Waals surface area contributed by atoms with E-state index in [2.05, 4.69) is 0 Å². The first-order valence-electron chi connectivity index (χ1n) is 5.93. The summed E-state index contributed by atoms with van der Waals surface area (Å²) in [6, 6.07) is 3.17. The van der Waals surface area contributed by atoms with Crippen LogP contribution in [0.4, 0.5) is 0 Å². The Labute approximate surface area is 121 Å². The van der Waals surface area contributed by atoms with E-state index in [1.54, 1.807) is 13.0 Å². The smallest absolute Gasteiger partial charge is 0.322 e. The van der Waals surface area contributed by atoms with Gasteiger partial charge in [-0.05, 0) is 24.6 Å². The van der Waals surface area contributed by atoms with Gasteiger partial charge >= 0.3 is 5.97 Å². The molecule has 1 aliphatic rings. The molecule has 6 nitrogen and oxygen atoms in total. The summed E-state index contributed by atoms with van der Waals surface area (Å²) in [7, 11) is -4.01. The highest BCUT2D eigenvalue weighted by atomic mass is 35.5. The molecule has 2 rings (SSSR count). The van der Waals surface area contributed by atoms with Gasteiger partial charge < -0.3 is 10.2 Å². The Kier molecular flexibility index (Phi) is 4.06. The Bertz CT molecular complexity index is 645. The third-order valence-corrected chi connectivity index (χ3v) is 5.75. The zero-order valence-electron chi connectivity index (χ0n) is 10.7. The van der Waals surface area contributed by atoms with Crippen LogP contribution in [0.1, 0.15) is 12.0 Å². The van der Waals surface area contributed by atoms with Gasteiger partial charge in [-0.1, -0.05) is 17.7 Å². The first kappa shape index (κ1) is 15.2. The predicted octanol–water partition coefficient (Wildman–Crippen LogP) is 0.857. The van der Waals surface area contributed by atoms with Crippen molar-refractivity contribution < 1.29 is 23.4 Å². The fraction of sp³-hybridized carbons (Fsp3) is 0.417. The number of aliphatic carboxylic acids is 1. The van der Waals surface area contributed by atoms with Crippen molar-refractivity contribution in [2.45, 2.75) is 30.4 Å². The lowest BCUT2D eigenvalue weighted by Gasteiger charge is -2.22. The van der Waals surface area contributed by atoms with Crippen molar-refractivity contribution in [3.63, 3.8) is 0 Å². The van der Waals surface area contributed by atoms with E-state index in [0.717, 1.165) is 4.31 Å². The minimum absolute atomic E-state index is 0.0367. The molecule has 1 saturated heterocycles. The normalized spacial score (nSPS) is 23.9. The number of aliphatic hydroxyl groups excluding tert-OH is 1. The molecule has 2 atom stereocenters. The summed E-state index contributed by atoms with van der Waals surface area (Å²) in [6.07, 6.45) is -1.10. The molecule has 8 heteroatoms. The quantitative estimate of drug-likeness (QED) is 0.861. The maximum Gasteiger partial charge on any atom is 0.322 e. The third kappa shape index (κ3) is 2.54. The van der Waals surface area contributed by atoms with Crippen molar-refractivity contribution >= 4 is 27.6 Å². The Balaban J connectivity index is 2.49. The summed E-state index contributed by atoms with van der Waals surface area (Å²) in [5.74, 6) is -1.27. The Hall–Kier alpha value is -1.15. The number of halogens is 1. The SMILES string of the molecule is Cc1c(Cl)cccc1S(=O)(=O)N1C[C@H](O)C[C@H]1C(=O)O. The standard InChI is InChI=1S/C12H14ClNO5S/c1-7-9(13)3-2-4-11(7)20(18,19)14-6-8(15)5-10(14)12(16)17/h2-4,8,10,15H,5-6H2,1H3,(H,16,17)/t8-,10+/m1/s1. The molecule has 20 heavy (non-hydrogen) atoms. The van der Waals surface area contributed by atoms with Crippen LogP contribution in [-0.2, 0) is 14.8 Å². The van der Waals surface area contributed by atoms with Crippen LogP contribution in [0.3, 0.4) is 0 Å². The number of β-amino-alcohol motifs (C(OH)–C–C–N with tert-alkyl or cyclic N) is 1. The minimum atomic E-state index is -4.01. The van der Waals surface area contributed by atoms with Gasteiger partial charge in [0.05, 0.1) is 11.0 Å². The number of carboxylic acids is 1. The number of carbonyl (C=O) groups is 1. The van der Waals surface area contributed by atoms with Crippen molar-refractivity contribution in [3.8, 4) is 0 Å². The molecule has 0 saturated carbocycles. The van der Waals surface area contributed by atoms with E-state index in [1.165, 1.54) is 12.1 Å². The molecule has 2 N–H and O–H groups in total. The topological polar surface area (TPSA) is 94.9 Å². The zero-order chi connectivity index (χ0) is 15.1. The molecular weight excluding hydrogens is 306 g/mol. The minimum Gasteiger partial charge on any atom is -0.480 e. The van der Waals surface area contributed by atoms with E-state index in [9.17, 15) is 18.3 Å². The average molecular weight is 320 g/mol. The van der Waals surface area contributed by atoms with Gasteiger partial charge in [0.1, 0.15) is 6.04 Å². The second-order valence-corrected chi connectivity index (χ2v) is 6.95. The Morgan fingerprint density at radius 1 is 1.45 bits per heavy atom. The highest BCUT2D eigenvalue weighted by Gasteiger charge is 2.44. The monoisotopic (exact) mass is 319 g/mol. The van der Waals surface area contributed by atoms with Gasteiger partial charge in [-0.2, -0.15) is 4.31 Å². The van der Waals surface area contributed by atoms with Crippen LogP contribution in [-0.4, -0.2) is 47.6 Å². The van der Waals surface area contributed by atoms with Gasteiger partial charge in [0.2, 0.25) is 10.0 Å². The lowest BCUT2D eigenvalue weighted by atomic mass is 10.2. The molecule has 0 aliphatic carbocycles. The van der Waals surface area contributed by atoms with Gasteiger partial charge in [-0.15, -0.1) is 0 Å². The molecule has 0 bridgehead atoms. The number of hydrogen-bond acceptors (Lipinski definition) is 4. The Morgan fingerprint density at radius 2 is 2.10 bits per heavy atom. The van der Waals surface area contributed by atoms with Gasteiger partial charge in [-0.3, -0.25) is 4.79 Å². The molecular formula is C12H14ClNO5S. The Morgan fingerprint density at radius 3 is 2.70 bits per heavy atom. The number of aliphatic hydroxyl groups is 1. The fourth-order valence-corrected chi connectivity index (χ4v) is 4.38. The number of carboxylic acid groups (broad SMARTS) is 1. The molecule has 0 unspecified atom stereocenters. The van der Waals surface area contributed by atoms with Crippen molar-refractivity contribution in [2.75, 3.05) is 6.54 Å². The van der Waals surface area contributed by atoms with Crippen LogP contribution in [0.5, 0.6) is 0 Å². The van der Waals surface area contributed by atoms with Crippen LogP contribution in [0.2, 0.25) is 5.02 Å². The first-order valence-corrected chi connectivity index (χ1v) is 7.74. The molecule has 1 fully saturated rings. The van der Waals surface area contributed by atoms with E-state index < -0.39 is 28.1 Å². The third-order valence-electron chi connectivity index (χ3n) is 3.32. The van der Waals surface area contributed by atoms with Crippen molar-refractivity contribution in [1.29, 1.82) is 0 Å². The van der Waals surface area contributed by atoms with Gasteiger partial charge in [0.15, 0.2) is 0 Å². The van der Waals surface area contributed by atoms with E-state index in [-0.39, 0.29) is 22.9 Å². The molecule has 1 aliphatic heterocycles. The largest absolute Gasteiger partial charge is 0.480 e.